The number of aryl methyl sites for hydroxylation is 2. The third-order valence-corrected chi connectivity index (χ3v) is 5.97. The van der Waals surface area contributed by atoms with Crippen LogP contribution in [-0.4, -0.2) is 42.1 Å². The normalized spacial score (nSPS) is 17.1. The van der Waals surface area contributed by atoms with Crippen LogP contribution >= 0.6 is 46.9 Å². The molecule has 2 aromatic rings. The Morgan fingerprint density at radius 2 is 2.13 bits per heavy atom. The molecule has 3 heterocycles. The van der Waals surface area contributed by atoms with Gasteiger partial charge in [-0.3, -0.25) is 4.99 Å². The molecule has 2 aromatic heterocycles. The summed E-state index contributed by atoms with van der Waals surface area (Å²) in [4.78, 5) is 15.6. The van der Waals surface area contributed by atoms with Crippen molar-refractivity contribution in [3.63, 3.8) is 0 Å². The van der Waals surface area contributed by atoms with Crippen molar-refractivity contribution in [1.29, 1.82) is 0 Å². The van der Waals surface area contributed by atoms with Crippen LogP contribution in [0, 0.1) is 13.8 Å². The first-order valence-corrected chi connectivity index (χ1v) is 10.2. The summed E-state index contributed by atoms with van der Waals surface area (Å²) in [7, 11) is 1.70. The van der Waals surface area contributed by atoms with E-state index in [0.29, 0.717) is 31.4 Å². The molecular formula is C18H23ClF3IN6S. The highest BCUT2D eigenvalue weighted by Crippen LogP contribution is 2.34. The number of alkyl halides is 3. The van der Waals surface area contributed by atoms with Gasteiger partial charge in [-0.05, 0) is 26.3 Å². The Bertz CT molecular complexity index is 905. The van der Waals surface area contributed by atoms with Crippen LogP contribution in [0.3, 0.4) is 0 Å². The maximum absolute atomic E-state index is 12.8. The number of halogens is 5. The summed E-state index contributed by atoms with van der Waals surface area (Å²) in [5.41, 5.74) is 0.156. The summed E-state index contributed by atoms with van der Waals surface area (Å²) >= 11 is 7.71. The maximum Gasteiger partial charge on any atom is 0.417 e. The maximum atomic E-state index is 12.8. The SMILES string of the molecule is CN=C(NCc1sc(C)nc1C)NC1CCN(c2ncc(C(F)(F)F)cc2Cl)C1.I. The molecule has 1 unspecified atom stereocenters. The van der Waals surface area contributed by atoms with E-state index in [-0.39, 0.29) is 35.0 Å². The van der Waals surface area contributed by atoms with Gasteiger partial charge in [0, 0.05) is 37.3 Å². The number of aliphatic imine (C=N–C) groups is 1. The minimum atomic E-state index is -4.46. The molecule has 2 N–H and O–H groups in total. The molecule has 0 aromatic carbocycles. The lowest BCUT2D eigenvalue weighted by Gasteiger charge is -2.21. The summed E-state index contributed by atoms with van der Waals surface area (Å²) in [6, 6.07) is 0.996. The van der Waals surface area contributed by atoms with Gasteiger partial charge in [-0.1, -0.05) is 11.6 Å². The quantitative estimate of drug-likeness (QED) is 0.322. The van der Waals surface area contributed by atoms with E-state index in [1.807, 2.05) is 18.7 Å². The molecular weight excluding hydrogens is 552 g/mol. The average molecular weight is 575 g/mol. The predicted molar refractivity (Wildman–Crippen MR) is 125 cm³/mol. The number of pyridine rings is 1. The van der Waals surface area contributed by atoms with Crippen LogP contribution in [0.25, 0.3) is 0 Å². The molecule has 0 aliphatic carbocycles. The zero-order valence-electron chi connectivity index (χ0n) is 16.7. The van der Waals surface area contributed by atoms with Gasteiger partial charge in [0.1, 0.15) is 5.82 Å². The Balaban J connectivity index is 0.00000320. The number of hydrogen-bond acceptors (Lipinski definition) is 5. The minimum absolute atomic E-state index is 0. The number of nitrogens with zero attached hydrogens (tertiary/aromatic N) is 4. The Morgan fingerprint density at radius 1 is 1.40 bits per heavy atom. The lowest BCUT2D eigenvalue weighted by atomic mass is 10.2. The summed E-state index contributed by atoms with van der Waals surface area (Å²) in [5, 5.41) is 7.65. The summed E-state index contributed by atoms with van der Waals surface area (Å²) in [5.74, 6) is 1.02. The molecule has 12 heteroatoms. The van der Waals surface area contributed by atoms with Gasteiger partial charge in [-0.25, -0.2) is 9.97 Å². The molecule has 0 spiro atoms. The van der Waals surface area contributed by atoms with Gasteiger partial charge in [0.05, 0.1) is 27.8 Å². The Labute approximate surface area is 199 Å². The van der Waals surface area contributed by atoms with Crippen LogP contribution in [0.1, 0.15) is 27.6 Å². The second-order valence-corrected chi connectivity index (χ2v) is 8.47. The Hall–Kier alpha value is -1.34. The van der Waals surface area contributed by atoms with Gasteiger partial charge in [-0.15, -0.1) is 35.3 Å². The van der Waals surface area contributed by atoms with Crippen molar-refractivity contribution in [2.75, 3.05) is 25.0 Å². The number of guanidine groups is 1. The van der Waals surface area contributed by atoms with Crippen LogP contribution in [0.15, 0.2) is 17.3 Å². The Morgan fingerprint density at radius 3 is 2.70 bits per heavy atom. The van der Waals surface area contributed by atoms with E-state index in [0.717, 1.165) is 34.3 Å². The van der Waals surface area contributed by atoms with Crippen LogP contribution in [0.4, 0.5) is 19.0 Å². The van der Waals surface area contributed by atoms with E-state index in [9.17, 15) is 13.2 Å². The largest absolute Gasteiger partial charge is 0.417 e. The third kappa shape index (κ3) is 6.10. The summed E-state index contributed by atoms with van der Waals surface area (Å²) < 4.78 is 38.4. The van der Waals surface area contributed by atoms with Crippen molar-refractivity contribution in [3.8, 4) is 0 Å². The van der Waals surface area contributed by atoms with Crippen molar-refractivity contribution >= 4 is 58.7 Å². The van der Waals surface area contributed by atoms with E-state index < -0.39 is 11.7 Å². The van der Waals surface area contributed by atoms with Gasteiger partial charge >= 0.3 is 6.18 Å². The van der Waals surface area contributed by atoms with E-state index in [4.69, 9.17) is 11.6 Å². The third-order valence-electron chi connectivity index (χ3n) is 4.62. The minimum Gasteiger partial charge on any atom is -0.353 e. The highest BCUT2D eigenvalue weighted by Gasteiger charge is 2.33. The molecule has 1 aliphatic rings. The first kappa shape index (κ1) is 24.9. The molecule has 0 radical (unpaired) electrons. The molecule has 0 amide bonds. The average Bonchev–Trinajstić information content (AvgIpc) is 3.23. The lowest BCUT2D eigenvalue weighted by Crippen LogP contribution is -2.44. The Kier molecular flexibility index (Phi) is 8.57. The molecule has 1 saturated heterocycles. The number of thiazole rings is 1. The standard InChI is InChI=1S/C18H22ClF3N6S.HI/c1-10-15(29-11(2)26-10)8-25-17(23-3)27-13-4-5-28(9-13)16-14(19)6-12(7-24-16)18(20,21)22;/h6-7,13H,4-5,8-9H2,1-3H3,(H2,23,25,27);1H. The fraction of sp³-hybridized carbons (Fsp3) is 0.500. The van der Waals surface area contributed by atoms with Crippen LogP contribution in [0.5, 0.6) is 0 Å². The van der Waals surface area contributed by atoms with E-state index in [2.05, 4.69) is 25.6 Å². The molecule has 30 heavy (non-hydrogen) atoms. The molecule has 0 bridgehead atoms. The molecule has 166 valence electrons. The number of anilines is 1. The second-order valence-electron chi connectivity index (χ2n) is 6.77. The van der Waals surface area contributed by atoms with E-state index in [1.54, 1.807) is 18.4 Å². The van der Waals surface area contributed by atoms with Crippen molar-refractivity contribution in [2.24, 2.45) is 4.99 Å². The van der Waals surface area contributed by atoms with Crippen LogP contribution < -0.4 is 15.5 Å². The second kappa shape index (κ2) is 10.3. The number of hydrogen-bond donors (Lipinski definition) is 2. The zero-order valence-corrected chi connectivity index (χ0v) is 20.6. The van der Waals surface area contributed by atoms with E-state index in [1.165, 1.54) is 0 Å². The fourth-order valence-corrected chi connectivity index (χ4v) is 4.34. The number of nitrogens with one attached hydrogen (secondary N) is 2. The van der Waals surface area contributed by atoms with E-state index >= 15 is 0 Å². The number of aromatic nitrogens is 2. The number of rotatable bonds is 4. The molecule has 1 aliphatic heterocycles. The monoisotopic (exact) mass is 574 g/mol. The van der Waals surface area contributed by atoms with Crippen LogP contribution in [-0.2, 0) is 12.7 Å². The van der Waals surface area contributed by atoms with Gasteiger partial charge in [-0.2, -0.15) is 13.2 Å². The molecule has 3 rings (SSSR count). The predicted octanol–water partition coefficient (Wildman–Crippen LogP) is 4.39. The van der Waals surface area contributed by atoms with Crippen molar-refractivity contribution in [1.82, 2.24) is 20.6 Å². The molecule has 6 nitrogen and oxygen atoms in total. The smallest absolute Gasteiger partial charge is 0.353 e. The fourth-order valence-electron chi connectivity index (χ4n) is 3.18. The molecule has 1 fully saturated rings. The topological polar surface area (TPSA) is 65.4 Å². The molecule has 0 saturated carbocycles. The summed E-state index contributed by atoms with van der Waals surface area (Å²) in [6.45, 7) is 5.78. The lowest BCUT2D eigenvalue weighted by molar-refractivity contribution is -0.137. The van der Waals surface area contributed by atoms with Gasteiger partial charge < -0.3 is 15.5 Å². The van der Waals surface area contributed by atoms with Crippen molar-refractivity contribution in [3.05, 3.63) is 38.4 Å². The molecule has 1 atom stereocenters. The van der Waals surface area contributed by atoms with Gasteiger partial charge in [0.15, 0.2) is 5.96 Å². The zero-order chi connectivity index (χ0) is 21.2. The first-order valence-electron chi connectivity index (χ1n) is 9.05. The van der Waals surface area contributed by atoms with Crippen LogP contribution in [0.2, 0.25) is 5.02 Å². The highest BCUT2D eigenvalue weighted by molar-refractivity contribution is 14.0. The van der Waals surface area contributed by atoms with Gasteiger partial charge in [0.2, 0.25) is 0 Å². The highest BCUT2D eigenvalue weighted by atomic mass is 127. The summed E-state index contributed by atoms with van der Waals surface area (Å²) in [6.07, 6.45) is -2.85. The van der Waals surface area contributed by atoms with Crippen molar-refractivity contribution in [2.45, 2.75) is 39.0 Å². The van der Waals surface area contributed by atoms with Crippen molar-refractivity contribution < 1.29 is 13.2 Å². The van der Waals surface area contributed by atoms with Gasteiger partial charge in [0.25, 0.3) is 0 Å². The first-order chi connectivity index (χ1) is 13.7.